The molecule has 1 rings (SSSR count). The Balaban J connectivity index is 3.46. The Morgan fingerprint density at radius 2 is 1.32 bits per heavy atom. The molecule has 0 spiro atoms. The zero-order valence-corrected chi connectivity index (χ0v) is 16.8. The molecular formula is C18H15F13O3. The molecular weight excluding hydrogens is 511 g/mol. The molecule has 0 saturated carbocycles. The van der Waals surface area contributed by atoms with Crippen LogP contribution in [0.3, 0.4) is 0 Å². The van der Waals surface area contributed by atoms with E-state index in [0.717, 1.165) is 18.2 Å². The Bertz CT molecular complexity index is 880. The molecule has 0 heterocycles. The fourth-order valence-corrected chi connectivity index (χ4v) is 2.62. The SMILES string of the molecule is CCOC(=O)c1cccc(C(O)C(C)C(F)(F)C(F)(F)C(F)(F)C(F)(F)C(F)(F)C(F)(F)F)c1. The highest BCUT2D eigenvalue weighted by atomic mass is 19.4. The predicted octanol–water partition coefficient (Wildman–Crippen LogP) is 6.27. The summed E-state index contributed by atoms with van der Waals surface area (Å²) in [5.74, 6) is -42.4. The van der Waals surface area contributed by atoms with Gasteiger partial charge >= 0.3 is 41.8 Å². The third kappa shape index (κ3) is 4.52. The number of esters is 1. The number of hydrogen-bond acceptors (Lipinski definition) is 3. The molecule has 3 nitrogen and oxygen atoms in total. The highest BCUT2D eigenvalue weighted by Crippen LogP contribution is 2.61. The maximum Gasteiger partial charge on any atom is 0.460 e. The van der Waals surface area contributed by atoms with Gasteiger partial charge in [-0.3, -0.25) is 0 Å². The standard InChI is InChI=1S/C18H15F13O3/c1-3-34-12(33)10-6-4-5-9(7-10)11(32)8(2)13(19,20)14(21,22)15(23,24)16(25,26)17(27,28)18(29,30)31/h4-8,11,32H,3H2,1-2H3. The minimum absolute atomic E-state index is 0.0776. The zero-order valence-electron chi connectivity index (χ0n) is 16.8. The molecule has 0 radical (unpaired) electrons. The van der Waals surface area contributed by atoms with E-state index >= 15 is 0 Å². The van der Waals surface area contributed by atoms with Gasteiger partial charge in [0.05, 0.1) is 24.2 Å². The van der Waals surface area contributed by atoms with Gasteiger partial charge in [0.1, 0.15) is 0 Å². The number of aliphatic hydroxyl groups excluding tert-OH is 1. The lowest BCUT2D eigenvalue weighted by Gasteiger charge is -2.42. The van der Waals surface area contributed by atoms with Crippen LogP contribution in [-0.2, 0) is 4.74 Å². The lowest BCUT2D eigenvalue weighted by Crippen LogP contribution is -2.71. The molecule has 1 aromatic carbocycles. The number of hydrogen-bond donors (Lipinski definition) is 1. The number of carbonyl (C=O) groups is 1. The number of ether oxygens (including phenoxy) is 1. The summed E-state index contributed by atoms with van der Waals surface area (Å²) in [6.07, 6.45) is -10.4. The summed E-state index contributed by atoms with van der Waals surface area (Å²) in [6, 6.07) is 3.22. The Labute approximate surface area is 182 Å². The topological polar surface area (TPSA) is 46.5 Å². The molecule has 0 aliphatic carbocycles. The van der Waals surface area contributed by atoms with Crippen LogP contribution in [0.1, 0.15) is 35.9 Å². The van der Waals surface area contributed by atoms with Crippen molar-refractivity contribution in [2.24, 2.45) is 5.92 Å². The zero-order chi connectivity index (χ0) is 27.1. The summed E-state index contributed by atoms with van der Waals surface area (Å²) in [7, 11) is 0. The molecule has 34 heavy (non-hydrogen) atoms. The summed E-state index contributed by atoms with van der Waals surface area (Å²) in [5.41, 5.74) is -1.26. The number of halogens is 13. The van der Waals surface area contributed by atoms with Crippen LogP contribution in [0.15, 0.2) is 24.3 Å². The molecule has 0 aliphatic heterocycles. The summed E-state index contributed by atoms with van der Waals surface area (Å²) in [4.78, 5) is 11.6. The molecule has 0 aliphatic rings. The molecule has 2 atom stereocenters. The first-order chi connectivity index (χ1) is 15.0. The van der Waals surface area contributed by atoms with Crippen molar-refractivity contribution in [3.05, 3.63) is 35.4 Å². The summed E-state index contributed by atoms with van der Waals surface area (Å²) in [6.45, 7) is 1.10. The molecule has 0 amide bonds. The van der Waals surface area contributed by atoms with Gasteiger partial charge < -0.3 is 9.84 Å². The van der Waals surface area contributed by atoms with E-state index in [9.17, 15) is 67.0 Å². The summed E-state index contributed by atoms with van der Waals surface area (Å²) in [5, 5.41) is 9.96. The first-order valence-corrected chi connectivity index (χ1v) is 8.93. The van der Waals surface area contributed by atoms with Gasteiger partial charge in [-0.05, 0) is 24.6 Å². The van der Waals surface area contributed by atoms with Gasteiger partial charge in [-0.2, -0.15) is 57.1 Å². The Hall–Kier alpha value is -2.26. The minimum Gasteiger partial charge on any atom is -0.462 e. The van der Waals surface area contributed by atoms with Crippen LogP contribution in [0, 0.1) is 5.92 Å². The molecule has 2 unspecified atom stereocenters. The molecule has 0 aromatic heterocycles. The number of rotatable bonds is 9. The second-order valence-corrected chi connectivity index (χ2v) is 7.00. The largest absolute Gasteiger partial charge is 0.462 e. The van der Waals surface area contributed by atoms with Gasteiger partial charge in [-0.25, -0.2) is 4.79 Å². The quantitative estimate of drug-likeness (QED) is 0.305. The van der Waals surface area contributed by atoms with Crippen LogP contribution in [0.5, 0.6) is 0 Å². The van der Waals surface area contributed by atoms with Crippen molar-refractivity contribution < 1.29 is 71.7 Å². The molecule has 196 valence electrons. The van der Waals surface area contributed by atoms with Gasteiger partial charge in [0, 0.05) is 0 Å². The number of alkyl halides is 13. The van der Waals surface area contributed by atoms with E-state index < -0.39 is 64.9 Å². The van der Waals surface area contributed by atoms with Crippen molar-refractivity contribution in [2.45, 2.75) is 55.7 Å². The average molecular weight is 526 g/mol. The maximum atomic E-state index is 14.3. The normalized spacial score (nSPS) is 16.2. The monoisotopic (exact) mass is 526 g/mol. The molecule has 0 fully saturated rings. The molecule has 1 aromatic rings. The second kappa shape index (κ2) is 9.07. The Morgan fingerprint density at radius 3 is 1.76 bits per heavy atom. The van der Waals surface area contributed by atoms with Gasteiger partial charge in [0.15, 0.2) is 0 Å². The van der Waals surface area contributed by atoms with Gasteiger partial charge in [0.2, 0.25) is 0 Å². The smallest absolute Gasteiger partial charge is 0.460 e. The van der Waals surface area contributed by atoms with E-state index in [4.69, 9.17) is 0 Å². The fraction of sp³-hybridized carbons (Fsp3) is 0.611. The second-order valence-electron chi connectivity index (χ2n) is 7.00. The van der Waals surface area contributed by atoms with Crippen molar-refractivity contribution in [1.29, 1.82) is 0 Å². The van der Waals surface area contributed by atoms with Crippen LogP contribution < -0.4 is 0 Å². The van der Waals surface area contributed by atoms with Crippen molar-refractivity contribution in [3.63, 3.8) is 0 Å². The van der Waals surface area contributed by atoms with Gasteiger partial charge in [-0.1, -0.05) is 19.1 Å². The highest BCUT2D eigenvalue weighted by molar-refractivity contribution is 5.89. The number of benzene rings is 1. The first kappa shape index (κ1) is 29.8. The van der Waals surface area contributed by atoms with Crippen LogP contribution in [0.4, 0.5) is 57.1 Å². The molecule has 0 saturated heterocycles. The van der Waals surface area contributed by atoms with Gasteiger partial charge in [0.25, 0.3) is 0 Å². The van der Waals surface area contributed by atoms with Crippen LogP contribution in [0.25, 0.3) is 0 Å². The molecule has 16 heteroatoms. The van der Waals surface area contributed by atoms with Crippen molar-refractivity contribution in [1.82, 2.24) is 0 Å². The van der Waals surface area contributed by atoms with E-state index in [-0.39, 0.29) is 13.5 Å². The van der Waals surface area contributed by atoms with E-state index in [0.29, 0.717) is 6.07 Å². The predicted molar refractivity (Wildman–Crippen MR) is 87.3 cm³/mol. The number of aliphatic hydroxyl groups is 1. The van der Waals surface area contributed by atoms with Crippen molar-refractivity contribution >= 4 is 5.97 Å². The van der Waals surface area contributed by atoms with Crippen LogP contribution >= 0.6 is 0 Å². The lowest BCUT2D eigenvalue weighted by molar-refractivity contribution is -0.444. The fourth-order valence-electron chi connectivity index (χ4n) is 2.62. The van der Waals surface area contributed by atoms with Crippen LogP contribution in [-0.4, -0.2) is 53.5 Å². The van der Waals surface area contributed by atoms with E-state index in [1.807, 2.05) is 0 Å². The van der Waals surface area contributed by atoms with Crippen molar-refractivity contribution in [3.8, 4) is 0 Å². The van der Waals surface area contributed by atoms with Crippen molar-refractivity contribution in [2.75, 3.05) is 6.61 Å². The molecule has 0 bridgehead atoms. The first-order valence-electron chi connectivity index (χ1n) is 8.93. The maximum absolute atomic E-state index is 14.3. The van der Waals surface area contributed by atoms with E-state index in [2.05, 4.69) is 4.74 Å². The summed E-state index contributed by atoms with van der Waals surface area (Å²) < 4.78 is 177. The lowest BCUT2D eigenvalue weighted by atomic mass is 9.83. The number of carbonyl (C=O) groups excluding carboxylic acids is 1. The third-order valence-electron chi connectivity index (χ3n) is 4.74. The van der Waals surface area contributed by atoms with E-state index in [1.165, 1.54) is 6.92 Å². The van der Waals surface area contributed by atoms with Gasteiger partial charge in [-0.15, -0.1) is 0 Å². The van der Waals surface area contributed by atoms with E-state index in [1.54, 1.807) is 0 Å². The third-order valence-corrected chi connectivity index (χ3v) is 4.74. The molecule has 1 N–H and O–H groups in total. The highest BCUT2D eigenvalue weighted by Gasteiger charge is 2.91. The average Bonchev–Trinajstić information content (AvgIpc) is 2.71. The minimum atomic E-state index is -8.03. The Morgan fingerprint density at radius 1 is 0.853 bits per heavy atom. The Kier molecular flexibility index (Phi) is 7.95. The van der Waals surface area contributed by atoms with Crippen LogP contribution in [0.2, 0.25) is 0 Å². The summed E-state index contributed by atoms with van der Waals surface area (Å²) >= 11 is 0.